The molecule has 0 saturated heterocycles. The number of esters is 1. The molecule has 0 amide bonds. The van der Waals surface area contributed by atoms with Crippen molar-refractivity contribution in [3.05, 3.63) is 46.2 Å². The van der Waals surface area contributed by atoms with Gasteiger partial charge in [0.15, 0.2) is 0 Å². The van der Waals surface area contributed by atoms with E-state index < -0.39 is 5.97 Å². The van der Waals surface area contributed by atoms with Crippen LogP contribution in [0, 0.1) is 0 Å². The van der Waals surface area contributed by atoms with E-state index in [1.165, 1.54) is 0 Å². The number of hydrogen-bond acceptors (Lipinski definition) is 3. The van der Waals surface area contributed by atoms with Gasteiger partial charge >= 0.3 is 5.97 Å². The summed E-state index contributed by atoms with van der Waals surface area (Å²) in [6.45, 7) is 2.79. The molecule has 0 saturated carbocycles. The third-order valence-electron chi connectivity index (χ3n) is 3.27. The first-order chi connectivity index (χ1) is 10.2. The Morgan fingerprint density at radius 2 is 2.05 bits per heavy atom. The Balaban J connectivity index is 2.52. The van der Waals surface area contributed by atoms with Crippen LogP contribution in [0.2, 0.25) is 0 Å². The Labute approximate surface area is 137 Å². The fourth-order valence-electron chi connectivity index (χ4n) is 2.26. The average Bonchev–Trinajstić information content (AvgIpc) is 2.50. The molecule has 0 aliphatic heterocycles. The number of aryl methyl sites for hydroxylation is 1. The van der Waals surface area contributed by atoms with E-state index in [4.69, 9.17) is 4.74 Å². The highest BCUT2D eigenvalue weighted by Crippen LogP contribution is 2.13. The monoisotopic (exact) mass is 399 g/mol. The number of ether oxygens (including phenoxy) is 1. The van der Waals surface area contributed by atoms with Crippen LogP contribution in [0.3, 0.4) is 0 Å². The minimum Gasteiger partial charge on any atom is -0.462 e. The average molecular weight is 399 g/mol. The predicted octanol–water partition coefficient (Wildman–Crippen LogP) is 3.39. The summed E-state index contributed by atoms with van der Waals surface area (Å²) in [5, 5.41) is 0.567. The molecule has 0 unspecified atom stereocenters. The summed E-state index contributed by atoms with van der Waals surface area (Å²) >= 11 is 2.35. The molecule has 2 aromatic rings. The number of halogens is 1. The van der Waals surface area contributed by atoms with Crippen molar-refractivity contribution in [3.8, 4) is 0 Å². The molecular weight excluding hydrogens is 381 g/mol. The van der Waals surface area contributed by atoms with Crippen molar-refractivity contribution in [2.45, 2.75) is 26.3 Å². The van der Waals surface area contributed by atoms with Gasteiger partial charge in [-0.25, -0.2) is 4.79 Å². The summed E-state index contributed by atoms with van der Waals surface area (Å²) in [4.78, 5) is 24.4. The van der Waals surface area contributed by atoms with Gasteiger partial charge in [-0.2, -0.15) is 0 Å². The van der Waals surface area contributed by atoms with Gasteiger partial charge in [-0.1, -0.05) is 34.7 Å². The summed E-state index contributed by atoms with van der Waals surface area (Å²) in [6, 6.07) is 7.39. The van der Waals surface area contributed by atoms with Crippen LogP contribution in [0.5, 0.6) is 0 Å². The van der Waals surface area contributed by atoms with Gasteiger partial charge in [0, 0.05) is 18.1 Å². The van der Waals surface area contributed by atoms with Crippen LogP contribution in [0.15, 0.2) is 35.3 Å². The molecule has 0 N–H and O–H groups in total. The number of alkyl halides is 1. The molecular formula is C16H18INO3. The highest BCUT2D eigenvalue weighted by Gasteiger charge is 2.15. The fraction of sp³-hybridized carbons (Fsp3) is 0.375. The molecule has 1 aromatic heterocycles. The van der Waals surface area contributed by atoms with Crippen molar-refractivity contribution in [1.82, 2.24) is 4.57 Å². The standard InChI is InChI=1S/C16H18INO3/c1-2-21-16(20)13-11-18(10-6-5-9-17)14-8-4-3-7-12(14)15(13)19/h3-4,7-8,11H,2,5-6,9-10H2,1H3. The minimum atomic E-state index is -0.545. The highest BCUT2D eigenvalue weighted by molar-refractivity contribution is 14.1. The second-order valence-electron chi connectivity index (χ2n) is 4.70. The van der Waals surface area contributed by atoms with Crippen LogP contribution in [-0.2, 0) is 11.3 Å². The summed E-state index contributed by atoms with van der Waals surface area (Å²) in [7, 11) is 0. The molecule has 112 valence electrons. The molecule has 1 heterocycles. The molecule has 21 heavy (non-hydrogen) atoms. The van der Waals surface area contributed by atoms with Crippen LogP contribution in [0.1, 0.15) is 30.1 Å². The van der Waals surface area contributed by atoms with Gasteiger partial charge in [-0.15, -0.1) is 0 Å². The maximum atomic E-state index is 12.4. The number of carbonyl (C=O) groups excluding carboxylic acids is 1. The second-order valence-corrected chi connectivity index (χ2v) is 5.78. The third-order valence-corrected chi connectivity index (χ3v) is 4.03. The van der Waals surface area contributed by atoms with E-state index in [1.807, 2.05) is 22.8 Å². The Bertz CT molecular complexity index is 693. The Morgan fingerprint density at radius 1 is 1.29 bits per heavy atom. The van der Waals surface area contributed by atoms with Crippen LogP contribution in [-0.4, -0.2) is 21.6 Å². The van der Waals surface area contributed by atoms with Crippen molar-refractivity contribution in [3.63, 3.8) is 0 Å². The van der Waals surface area contributed by atoms with E-state index >= 15 is 0 Å². The smallest absolute Gasteiger partial charge is 0.343 e. The molecule has 0 aliphatic carbocycles. The van der Waals surface area contributed by atoms with E-state index in [9.17, 15) is 9.59 Å². The van der Waals surface area contributed by atoms with Crippen molar-refractivity contribution in [2.75, 3.05) is 11.0 Å². The van der Waals surface area contributed by atoms with E-state index in [0.717, 1.165) is 29.3 Å². The lowest BCUT2D eigenvalue weighted by molar-refractivity contribution is 0.0524. The summed E-state index contributed by atoms with van der Waals surface area (Å²) in [6.07, 6.45) is 3.75. The van der Waals surface area contributed by atoms with Gasteiger partial charge in [0.05, 0.1) is 12.1 Å². The van der Waals surface area contributed by atoms with Crippen molar-refractivity contribution >= 4 is 39.5 Å². The largest absolute Gasteiger partial charge is 0.462 e. The molecule has 0 atom stereocenters. The van der Waals surface area contributed by atoms with Crippen molar-refractivity contribution < 1.29 is 9.53 Å². The van der Waals surface area contributed by atoms with E-state index in [2.05, 4.69) is 22.6 Å². The normalized spacial score (nSPS) is 10.8. The second kappa shape index (κ2) is 7.59. The number of unbranched alkanes of at least 4 members (excludes halogenated alkanes) is 1. The third kappa shape index (κ3) is 3.64. The number of benzene rings is 1. The number of aromatic nitrogens is 1. The Kier molecular flexibility index (Phi) is 5.78. The summed E-state index contributed by atoms with van der Waals surface area (Å²) in [5.74, 6) is -0.545. The van der Waals surface area contributed by atoms with Gasteiger partial charge < -0.3 is 9.30 Å². The van der Waals surface area contributed by atoms with E-state index in [1.54, 1.807) is 19.2 Å². The molecule has 5 heteroatoms. The number of fused-ring (bicyclic) bond motifs is 1. The van der Waals surface area contributed by atoms with Crippen molar-refractivity contribution in [2.24, 2.45) is 0 Å². The molecule has 0 aliphatic rings. The van der Waals surface area contributed by atoms with Crippen LogP contribution >= 0.6 is 22.6 Å². The lowest BCUT2D eigenvalue weighted by Gasteiger charge is -2.12. The first-order valence-electron chi connectivity index (χ1n) is 7.04. The molecule has 4 nitrogen and oxygen atoms in total. The number of pyridine rings is 1. The zero-order valence-electron chi connectivity index (χ0n) is 12.0. The fourth-order valence-corrected chi connectivity index (χ4v) is 2.80. The van der Waals surface area contributed by atoms with Crippen molar-refractivity contribution in [1.29, 1.82) is 0 Å². The molecule has 0 radical (unpaired) electrons. The predicted molar refractivity (Wildman–Crippen MR) is 92.3 cm³/mol. The number of rotatable bonds is 6. The van der Waals surface area contributed by atoms with Crippen LogP contribution in [0.25, 0.3) is 10.9 Å². The maximum absolute atomic E-state index is 12.4. The minimum absolute atomic E-state index is 0.116. The number of nitrogens with zero attached hydrogens (tertiary/aromatic N) is 1. The summed E-state index contributed by atoms with van der Waals surface area (Å²) in [5.41, 5.74) is 0.725. The molecule has 0 bridgehead atoms. The SMILES string of the molecule is CCOC(=O)c1cn(CCCCI)c2ccccc2c1=O. The van der Waals surface area contributed by atoms with Gasteiger partial charge in [0.2, 0.25) is 5.43 Å². The quantitative estimate of drug-likeness (QED) is 0.324. The van der Waals surface area contributed by atoms with Crippen LogP contribution < -0.4 is 5.43 Å². The first kappa shape index (κ1) is 16.0. The number of carbonyl (C=O) groups is 1. The Morgan fingerprint density at radius 3 is 2.76 bits per heavy atom. The molecule has 0 fully saturated rings. The van der Waals surface area contributed by atoms with Gasteiger partial charge in [0.25, 0.3) is 0 Å². The zero-order chi connectivity index (χ0) is 15.2. The zero-order valence-corrected chi connectivity index (χ0v) is 14.1. The van der Waals surface area contributed by atoms with E-state index in [-0.39, 0.29) is 17.6 Å². The number of hydrogen-bond donors (Lipinski definition) is 0. The highest BCUT2D eigenvalue weighted by atomic mass is 127. The topological polar surface area (TPSA) is 48.3 Å². The lowest BCUT2D eigenvalue weighted by atomic mass is 10.1. The van der Waals surface area contributed by atoms with Gasteiger partial charge in [-0.3, -0.25) is 4.79 Å². The van der Waals surface area contributed by atoms with Gasteiger partial charge in [-0.05, 0) is 36.3 Å². The van der Waals surface area contributed by atoms with Gasteiger partial charge in [0.1, 0.15) is 5.56 Å². The molecule has 2 rings (SSSR count). The number of para-hydroxylation sites is 1. The lowest BCUT2D eigenvalue weighted by Crippen LogP contribution is -2.21. The molecule has 1 aromatic carbocycles. The summed E-state index contributed by atoms with van der Waals surface area (Å²) < 4.78 is 8.06. The Hall–Kier alpha value is -1.37. The van der Waals surface area contributed by atoms with Crippen LogP contribution in [0.4, 0.5) is 0 Å². The molecule has 0 spiro atoms. The maximum Gasteiger partial charge on any atom is 0.343 e. The first-order valence-corrected chi connectivity index (χ1v) is 8.57. The van der Waals surface area contributed by atoms with E-state index in [0.29, 0.717) is 5.39 Å².